The van der Waals surface area contributed by atoms with Crippen molar-refractivity contribution in [3.63, 3.8) is 0 Å². The minimum absolute atomic E-state index is 0.0189. The Bertz CT molecular complexity index is 1040. The molecule has 4 rings (SSSR count). The van der Waals surface area contributed by atoms with Crippen molar-refractivity contribution in [3.8, 4) is 11.4 Å². The summed E-state index contributed by atoms with van der Waals surface area (Å²) in [4.78, 5) is 20.7. The van der Waals surface area contributed by atoms with Crippen LogP contribution in [0, 0.1) is 0 Å². The van der Waals surface area contributed by atoms with E-state index in [-0.39, 0.29) is 12.2 Å². The molecule has 6 nitrogen and oxygen atoms in total. The monoisotopic (exact) mass is 431 g/mol. The van der Waals surface area contributed by atoms with Crippen molar-refractivity contribution in [2.24, 2.45) is 0 Å². The molecule has 154 valence electrons. The number of aliphatic hydroxyl groups is 1. The summed E-state index contributed by atoms with van der Waals surface area (Å²) < 4.78 is 7.00. The summed E-state index contributed by atoms with van der Waals surface area (Å²) in [6, 6.07) is 7.54. The molecule has 0 unspecified atom stereocenters. The number of hydrogen-bond acceptors (Lipinski definition) is 7. The third-order valence-electron chi connectivity index (χ3n) is 5.09. The fraction of sp³-hybridized carbons (Fsp3) is 0.429. The molecule has 0 aliphatic heterocycles. The van der Waals surface area contributed by atoms with Gasteiger partial charge in [-0.1, -0.05) is 11.8 Å². The van der Waals surface area contributed by atoms with Gasteiger partial charge in [0.1, 0.15) is 10.6 Å². The van der Waals surface area contributed by atoms with E-state index in [1.165, 1.54) is 16.9 Å². The highest BCUT2D eigenvalue weighted by Gasteiger charge is 2.22. The smallest absolute Gasteiger partial charge is 0.267 e. The van der Waals surface area contributed by atoms with Gasteiger partial charge in [-0.25, -0.2) is 4.98 Å². The second-order valence-electron chi connectivity index (χ2n) is 6.95. The summed E-state index contributed by atoms with van der Waals surface area (Å²) in [5, 5.41) is 13.6. The molecule has 1 aliphatic carbocycles. The van der Waals surface area contributed by atoms with Crippen LogP contribution in [0.3, 0.4) is 0 Å². The molecule has 0 bridgehead atoms. The summed E-state index contributed by atoms with van der Waals surface area (Å²) in [6.45, 7) is 1.42. The Labute approximate surface area is 177 Å². The first-order chi connectivity index (χ1) is 14.2. The second-order valence-corrected chi connectivity index (χ2v) is 9.09. The first kappa shape index (κ1) is 20.4. The van der Waals surface area contributed by atoms with Crippen LogP contribution in [0.1, 0.15) is 23.3 Å². The Morgan fingerprint density at radius 2 is 2.03 bits per heavy atom. The van der Waals surface area contributed by atoms with Gasteiger partial charge in [-0.05, 0) is 55.5 Å². The number of thiophene rings is 1. The van der Waals surface area contributed by atoms with Gasteiger partial charge < -0.3 is 15.2 Å². The SMILES string of the molecule is COc1ccc(-n2c(SCCNCCO)nc3sc4c(c3c2=O)CCCC4)cc1. The lowest BCUT2D eigenvalue weighted by molar-refractivity contribution is 0.294. The third-order valence-corrected chi connectivity index (χ3v) is 7.21. The Balaban J connectivity index is 1.78. The van der Waals surface area contributed by atoms with Gasteiger partial charge in [0.15, 0.2) is 5.16 Å². The molecule has 8 heteroatoms. The summed E-state index contributed by atoms with van der Waals surface area (Å²) in [5.41, 5.74) is 2.02. The number of methoxy groups -OCH3 is 1. The van der Waals surface area contributed by atoms with Crippen LogP contribution in [0.25, 0.3) is 15.9 Å². The molecule has 0 saturated heterocycles. The first-order valence-corrected chi connectivity index (χ1v) is 11.7. The lowest BCUT2D eigenvalue weighted by Crippen LogP contribution is -2.24. The van der Waals surface area contributed by atoms with E-state index in [1.54, 1.807) is 34.8 Å². The van der Waals surface area contributed by atoms with Crippen LogP contribution >= 0.6 is 23.1 Å². The van der Waals surface area contributed by atoms with Crippen molar-refractivity contribution < 1.29 is 9.84 Å². The van der Waals surface area contributed by atoms with Crippen LogP contribution in [-0.2, 0) is 12.8 Å². The fourth-order valence-electron chi connectivity index (χ4n) is 3.66. The zero-order valence-corrected chi connectivity index (χ0v) is 18.1. The van der Waals surface area contributed by atoms with Crippen molar-refractivity contribution >= 4 is 33.3 Å². The quantitative estimate of drug-likeness (QED) is 0.324. The molecule has 3 aromatic rings. The zero-order valence-electron chi connectivity index (χ0n) is 16.4. The summed E-state index contributed by atoms with van der Waals surface area (Å²) in [5.74, 6) is 1.52. The molecule has 1 aromatic carbocycles. The average Bonchev–Trinajstić information content (AvgIpc) is 3.12. The molecular weight excluding hydrogens is 406 g/mol. The molecule has 0 radical (unpaired) electrons. The van der Waals surface area contributed by atoms with Gasteiger partial charge in [0.05, 0.1) is 24.8 Å². The van der Waals surface area contributed by atoms with Crippen molar-refractivity contribution in [2.45, 2.75) is 30.8 Å². The molecule has 2 aromatic heterocycles. The van der Waals surface area contributed by atoms with Gasteiger partial charge in [0.25, 0.3) is 5.56 Å². The predicted molar refractivity (Wildman–Crippen MR) is 119 cm³/mol. The lowest BCUT2D eigenvalue weighted by Gasteiger charge is -2.14. The summed E-state index contributed by atoms with van der Waals surface area (Å²) in [7, 11) is 1.63. The Morgan fingerprint density at radius 3 is 2.79 bits per heavy atom. The van der Waals surface area contributed by atoms with Crippen molar-refractivity contribution in [1.82, 2.24) is 14.9 Å². The number of nitrogens with one attached hydrogen (secondary N) is 1. The maximum atomic E-state index is 13.6. The number of nitrogens with zero attached hydrogens (tertiary/aromatic N) is 2. The standard InChI is InChI=1S/C21H25N3O3S2/c1-27-15-8-6-14(7-9-15)24-20(26)18-16-4-2-3-5-17(16)29-19(18)23-21(24)28-13-11-22-10-12-25/h6-9,22,25H,2-5,10-13H2,1H3. The lowest BCUT2D eigenvalue weighted by atomic mass is 9.97. The maximum Gasteiger partial charge on any atom is 0.267 e. The molecule has 29 heavy (non-hydrogen) atoms. The number of aliphatic hydroxyl groups excluding tert-OH is 1. The molecule has 0 saturated carbocycles. The second kappa shape index (κ2) is 9.30. The van der Waals surface area contributed by atoms with E-state index in [4.69, 9.17) is 14.8 Å². The number of rotatable bonds is 8. The van der Waals surface area contributed by atoms with Gasteiger partial charge in [-0.3, -0.25) is 9.36 Å². The molecule has 2 heterocycles. The number of benzene rings is 1. The highest BCUT2D eigenvalue weighted by molar-refractivity contribution is 7.99. The maximum absolute atomic E-state index is 13.6. The van der Waals surface area contributed by atoms with Crippen LogP contribution in [-0.4, -0.2) is 47.2 Å². The van der Waals surface area contributed by atoms with E-state index in [0.717, 1.165) is 53.2 Å². The van der Waals surface area contributed by atoms with E-state index in [2.05, 4.69) is 5.32 Å². The number of aromatic nitrogens is 2. The van der Waals surface area contributed by atoms with Crippen LogP contribution in [0.2, 0.25) is 0 Å². The van der Waals surface area contributed by atoms with Crippen LogP contribution < -0.4 is 15.6 Å². The van der Waals surface area contributed by atoms with Crippen molar-refractivity contribution in [2.75, 3.05) is 32.6 Å². The van der Waals surface area contributed by atoms with E-state index in [0.29, 0.717) is 11.7 Å². The summed E-state index contributed by atoms with van der Waals surface area (Å²) >= 11 is 3.24. The number of ether oxygens (including phenoxy) is 1. The highest BCUT2D eigenvalue weighted by Crippen LogP contribution is 2.35. The minimum atomic E-state index is 0.0189. The number of thioether (sulfide) groups is 1. The predicted octanol–water partition coefficient (Wildman–Crippen LogP) is 3.01. The molecule has 2 N–H and O–H groups in total. The summed E-state index contributed by atoms with van der Waals surface area (Å²) in [6.07, 6.45) is 4.33. The Hall–Kier alpha value is -1.87. The zero-order chi connectivity index (χ0) is 20.2. The normalized spacial score (nSPS) is 13.6. The van der Waals surface area contributed by atoms with Crippen molar-refractivity contribution in [1.29, 1.82) is 0 Å². The topological polar surface area (TPSA) is 76.4 Å². The Morgan fingerprint density at radius 1 is 1.24 bits per heavy atom. The molecule has 0 amide bonds. The molecule has 0 atom stereocenters. The average molecular weight is 432 g/mol. The third kappa shape index (κ3) is 4.21. The van der Waals surface area contributed by atoms with E-state index in [1.807, 2.05) is 24.3 Å². The van der Waals surface area contributed by atoms with Gasteiger partial charge in [0.2, 0.25) is 0 Å². The van der Waals surface area contributed by atoms with Gasteiger partial charge in [-0.15, -0.1) is 11.3 Å². The fourth-order valence-corrected chi connectivity index (χ4v) is 5.87. The minimum Gasteiger partial charge on any atom is -0.497 e. The molecular formula is C21H25N3O3S2. The molecule has 0 spiro atoms. The van der Waals surface area contributed by atoms with Crippen molar-refractivity contribution in [3.05, 3.63) is 45.1 Å². The molecule has 1 aliphatic rings. The number of aryl methyl sites for hydroxylation is 2. The number of hydrogen-bond donors (Lipinski definition) is 2. The van der Waals surface area contributed by atoms with Crippen LogP contribution in [0.15, 0.2) is 34.2 Å². The largest absolute Gasteiger partial charge is 0.497 e. The van der Waals surface area contributed by atoms with Gasteiger partial charge in [0, 0.05) is 23.7 Å². The van der Waals surface area contributed by atoms with Gasteiger partial charge >= 0.3 is 0 Å². The van der Waals surface area contributed by atoms with Crippen LogP contribution in [0.5, 0.6) is 5.75 Å². The number of fused-ring (bicyclic) bond motifs is 3. The van der Waals surface area contributed by atoms with E-state index in [9.17, 15) is 4.79 Å². The van der Waals surface area contributed by atoms with Crippen LogP contribution in [0.4, 0.5) is 0 Å². The van der Waals surface area contributed by atoms with E-state index < -0.39 is 0 Å². The highest BCUT2D eigenvalue weighted by atomic mass is 32.2. The van der Waals surface area contributed by atoms with E-state index >= 15 is 0 Å². The molecule has 0 fully saturated rings. The Kier molecular flexibility index (Phi) is 6.54. The first-order valence-electron chi connectivity index (χ1n) is 9.89. The van der Waals surface area contributed by atoms with Gasteiger partial charge in [-0.2, -0.15) is 0 Å².